The average Bonchev–Trinajstić information content (AvgIpc) is 2.73. The molecular weight excluding hydrogens is 284 g/mol. The van der Waals surface area contributed by atoms with E-state index in [1.54, 1.807) is 4.90 Å². The number of aromatic nitrogens is 2. The Morgan fingerprint density at radius 3 is 2.85 bits per heavy atom. The Morgan fingerprint density at radius 2 is 2.25 bits per heavy atom. The second kappa shape index (κ2) is 5.95. The summed E-state index contributed by atoms with van der Waals surface area (Å²) in [5, 5.41) is 12.0. The summed E-state index contributed by atoms with van der Waals surface area (Å²) in [4.78, 5) is 41.5. The third-order valence-electron chi connectivity index (χ3n) is 2.85. The molecule has 1 aliphatic heterocycles. The van der Waals surface area contributed by atoms with Crippen molar-refractivity contribution in [2.45, 2.75) is 11.9 Å². The lowest BCUT2D eigenvalue weighted by Crippen LogP contribution is -2.30. The van der Waals surface area contributed by atoms with Crippen LogP contribution in [0.15, 0.2) is 9.82 Å². The van der Waals surface area contributed by atoms with E-state index < -0.39 is 11.7 Å². The fraction of sp³-hybridized carbons (Fsp3) is 0.455. The van der Waals surface area contributed by atoms with Crippen molar-refractivity contribution in [2.24, 2.45) is 0 Å². The summed E-state index contributed by atoms with van der Waals surface area (Å²) in [5.74, 6) is -0.656. The first-order chi connectivity index (χ1) is 9.49. The Bertz CT molecular complexity index is 601. The number of hydrogen-bond donors (Lipinski definition) is 3. The minimum atomic E-state index is -1.13. The first-order valence-electron chi connectivity index (χ1n) is 5.99. The molecule has 0 atom stereocenters. The SMILES string of the molecule is Cc1[nH]c(=O)nc(SCCN2CCNC2=O)c1C(=O)O. The highest BCUT2D eigenvalue weighted by atomic mass is 32.2. The van der Waals surface area contributed by atoms with E-state index in [4.69, 9.17) is 5.11 Å². The number of hydrogen-bond acceptors (Lipinski definition) is 5. The molecule has 0 radical (unpaired) electrons. The molecule has 2 heterocycles. The molecule has 0 aromatic carbocycles. The maximum Gasteiger partial charge on any atom is 0.346 e. The van der Waals surface area contributed by atoms with Gasteiger partial charge in [0.05, 0.1) is 0 Å². The van der Waals surface area contributed by atoms with Crippen LogP contribution in [0.2, 0.25) is 0 Å². The Hall–Kier alpha value is -2.03. The molecule has 0 spiro atoms. The summed E-state index contributed by atoms with van der Waals surface area (Å²) in [6.07, 6.45) is 0. The number of urea groups is 1. The lowest BCUT2D eigenvalue weighted by atomic mass is 10.2. The summed E-state index contributed by atoms with van der Waals surface area (Å²) in [6, 6.07) is -0.126. The van der Waals surface area contributed by atoms with E-state index in [9.17, 15) is 14.4 Å². The molecule has 20 heavy (non-hydrogen) atoms. The van der Waals surface area contributed by atoms with E-state index in [0.717, 1.165) is 11.8 Å². The molecule has 1 saturated heterocycles. The predicted molar refractivity (Wildman–Crippen MR) is 72.2 cm³/mol. The zero-order valence-electron chi connectivity index (χ0n) is 10.8. The maximum atomic E-state index is 11.3. The summed E-state index contributed by atoms with van der Waals surface area (Å²) >= 11 is 1.16. The van der Waals surface area contributed by atoms with Crippen LogP contribution in [0.4, 0.5) is 4.79 Å². The quantitative estimate of drug-likeness (QED) is 0.516. The first kappa shape index (κ1) is 14.4. The highest BCUT2D eigenvalue weighted by Gasteiger charge is 2.20. The smallest absolute Gasteiger partial charge is 0.346 e. The van der Waals surface area contributed by atoms with E-state index in [2.05, 4.69) is 15.3 Å². The van der Waals surface area contributed by atoms with E-state index in [1.807, 2.05) is 0 Å². The van der Waals surface area contributed by atoms with Crippen LogP contribution >= 0.6 is 11.8 Å². The molecule has 1 aromatic heterocycles. The number of aromatic amines is 1. The van der Waals surface area contributed by atoms with Crippen LogP contribution in [0.5, 0.6) is 0 Å². The van der Waals surface area contributed by atoms with Gasteiger partial charge in [0, 0.05) is 31.1 Å². The molecule has 1 aliphatic rings. The third-order valence-corrected chi connectivity index (χ3v) is 3.80. The van der Waals surface area contributed by atoms with E-state index in [0.29, 0.717) is 25.4 Å². The summed E-state index contributed by atoms with van der Waals surface area (Å²) < 4.78 is 0. The molecule has 0 saturated carbocycles. The van der Waals surface area contributed by atoms with Crippen LogP contribution in [0.25, 0.3) is 0 Å². The van der Waals surface area contributed by atoms with Gasteiger partial charge in [-0.05, 0) is 6.92 Å². The van der Waals surface area contributed by atoms with Gasteiger partial charge < -0.3 is 20.3 Å². The fourth-order valence-corrected chi connectivity index (χ4v) is 2.93. The minimum absolute atomic E-state index is 0.000438. The van der Waals surface area contributed by atoms with E-state index in [1.165, 1.54) is 6.92 Å². The van der Waals surface area contributed by atoms with Crippen molar-refractivity contribution in [1.82, 2.24) is 20.2 Å². The van der Waals surface area contributed by atoms with Gasteiger partial charge in [-0.3, -0.25) is 0 Å². The highest BCUT2D eigenvalue weighted by molar-refractivity contribution is 7.99. The maximum absolute atomic E-state index is 11.3. The number of aryl methyl sites for hydroxylation is 1. The third kappa shape index (κ3) is 3.10. The summed E-state index contributed by atoms with van der Waals surface area (Å²) in [7, 11) is 0. The molecule has 0 aliphatic carbocycles. The second-order valence-corrected chi connectivity index (χ2v) is 5.30. The number of carbonyl (C=O) groups is 2. The van der Waals surface area contributed by atoms with Gasteiger partial charge in [-0.2, -0.15) is 4.98 Å². The number of aromatic carboxylic acids is 1. The Morgan fingerprint density at radius 1 is 1.50 bits per heavy atom. The molecule has 108 valence electrons. The second-order valence-electron chi connectivity index (χ2n) is 4.22. The van der Waals surface area contributed by atoms with Gasteiger partial charge in [0.25, 0.3) is 0 Å². The van der Waals surface area contributed by atoms with Crippen molar-refractivity contribution in [3.05, 3.63) is 21.7 Å². The monoisotopic (exact) mass is 298 g/mol. The highest BCUT2D eigenvalue weighted by Crippen LogP contribution is 2.21. The average molecular weight is 298 g/mol. The van der Waals surface area contributed by atoms with E-state index >= 15 is 0 Å². The number of nitrogens with zero attached hydrogens (tertiary/aromatic N) is 2. The largest absolute Gasteiger partial charge is 0.478 e. The molecule has 0 bridgehead atoms. The molecular formula is C11H14N4O4S. The molecule has 2 rings (SSSR count). The summed E-state index contributed by atoms with van der Waals surface area (Å²) in [6.45, 7) is 3.24. The van der Waals surface area contributed by atoms with Gasteiger partial charge in [0.2, 0.25) is 0 Å². The number of thioether (sulfide) groups is 1. The number of rotatable bonds is 5. The van der Waals surface area contributed by atoms with Crippen molar-refractivity contribution in [3.8, 4) is 0 Å². The normalized spacial score (nSPS) is 14.4. The molecule has 9 heteroatoms. The number of carbonyl (C=O) groups excluding carboxylic acids is 1. The van der Waals surface area contributed by atoms with Crippen molar-refractivity contribution >= 4 is 23.8 Å². The molecule has 8 nitrogen and oxygen atoms in total. The van der Waals surface area contributed by atoms with Crippen LogP contribution in [0, 0.1) is 6.92 Å². The standard InChI is InChI=1S/C11H14N4O4S/c1-6-7(9(16)17)8(14-10(18)13-6)20-5-4-15-3-2-12-11(15)19/h2-5H2,1H3,(H,12,19)(H,16,17)(H,13,14,18). The Balaban J connectivity index is 2.07. The van der Waals surface area contributed by atoms with Crippen molar-refractivity contribution in [3.63, 3.8) is 0 Å². The van der Waals surface area contributed by atoms with Gasteiger partial charge in [0.1, 0.15) is 10.6 Å². The van der Waals surface area contributed by atoms with Crippen LogP contribution in [0.1, 0.15) is 16.1 Å². The lowest BCUT2D eigenvalue weighted by Gasteiger charge is -2.13. The number of carboxylic acid groups (broad SMARTS) is 1. The topological polar surface area (TPSA) is 115 Å². The molecule has 1 aromatic rings. The van der Waals surface area contributed by atoms with E-state index in [-0.39, 0.29) is 22.3 Å². The Kier molecular flexibility index (Phi) is 4.28. The lowest BCUT2D eigenvalue weighted by molar-refractivity contribution is 0.0690. The molecule has 2 amide bonds. The predicted octanol–water partition coefficient (Wildman–Crippen LogP) is -0.106. The fourth-order valence-electron chi connectivity index (χ4n) is 1.89. The first-order valence-corrected chi connectivity index (χ1v) is 6.97. The number of carboxylic acids is 1. The van der Waals surface area contributed by atoms with Gasteiger partial charge in [0.15, 0.2) is 0 Å². The Labute approximate surface area is 118 Å². The molecule has 0 unspecified atom stereocenters. The number of amides is 2. The van der Waals surface area contributed by atoms with Gasteiger partial charge >= 0.3 is 17.7 Å². The van der Waals surface area contributed by atoms with Crippen LogP contribution in [0.3, 0.4) is 0 Å². The zero-order chi connectivity index (χ0) is 14.7. The van der Waals surface area contributed by atoms with Gasteiger partial charge in [-0.15, -0.1) is 11.8 Å². The number of H-pyrrole nitrogens is 1. The van der Waals surface area contributed by atoms with Crippen LogP contribution in [-0.4, -0.2) is 57.4 Å². The van der Waals surface area contributed by atoms with Gasteiger partial charge in [-0.25, -0.2) is 14.4 Å². The zero-order valence-corrected chi connectivity index (χ0v) is 11.6. The van der Waals surface area contributed by atoms with Crippen LogP contribution in [-0.2, 0) is 0 Å². The minimum Gasteiger partial charge on any atom is -0.478 e. The van der Waals surface area contributed by atoms with Crippen LogP contribution < -0.4 is 11.0 Å². The van der Waals surface area contributed by atoms with Crippen molar-refractivity contribution in [1.29, 1.82) is 0 Å². The van der Waals surface area contributed by atoms with Crippen molar-refractivity contribution in [2.75, 3.05) is 25.4 Å². The number of nitrogens with one attached hydrogen (secondary N) is 2. The molecule has 3 N–H and O–H groups in total. The van der Waals surface area contributed by atoms with Crippen molar-refractivity contribution < 1.29 is 14.7 Å². The van der Waals surface area contributed by atoms with Gasteiger partial charge in [-0.1, -0.05) is 0 Å². The summed E-state index contributed by atoms with van der Waals surface area (Å²) in [5.41, 5.74) is -0.298. The molecule has 1 fully saturated rings.